The molecule has 1 rings (SSSR count). The molecule has 0 fully saturated rings. The lowest BCUT2D eigenvalue weighted by Crippen LogP contribution is -2.11. The molecule has 5 nitrogen and oxygen atoms in total. The van der Waals surface area contributed by atoms with Crippen LogP contribution in [-0.4, -0.2) is 26.8 Å². The molecule has 0 amide bonds. The molecule has 0 aliphatic heterocycles. The summed E-state index contributed by atoms with van der Waals surface area (Å²) in [7, 11) is 2.39. The molecule has 1 aromatic rings. The number of carbonyl (C=O) groups is 1. The Morgan fingerprint density at radius 1 is 1.39 bits per heavy atom. The quantitative estimate of drug-likeness (QED) is 0.771. The topological polar surface area (TPSA) is 68.5 Å². The van der Waals surface area contributed by atoms with Gasteiger partial charge in [0.15, 0.2) is 5.75 Å². The van der Waals surface area contributed by atoms with Crippen LogP contribution in [0, 0.1) is 11.3 Å². The molecule has 0 saturated heterocycles. The number of rotatable bonds is 4. The predicted molar refractivity (Wildman–Crippen MR) is 55.7 cm³/mol. The number of halogens is 2. The van der Waals surface area contributed by atoms with Crippen molar-refractivity contribution in [2.45, 2.75) is 6.61 Å². The Bertz CT molecular complexity index is 497. The molecule has 0 saturated carbocycles. The van der Waals surface area contributed by atoms with E-state index in [0.29, 0.717) is 0 Å². The van der Waals surface area contributed by atoms with Crippen molar-refractivity contribution in [3.63, 3.8) is 0 Å². The summed E-state index contributed by atoms with van der Waals surface area (Å²) < 4.78 is 38.0. The van der Waals surface area contributed by atoms with Gasteiger partial charge in [-0.1, -0.05) is 0 Å². The first-order chi connectivity index (χ1) is 8.53. The van der Waals surface area contributed by atoms with E-state index < -0.39 is 18.3 Å². The smallest absolute Gasteiger partial charge is 0.387 e. The van der Waals surface area contributed by atoms with Crippen LogP contribution in [0.4, 0.5) is 8.78 Å². The van der Waals surface area contributed by atoms with Gasteiger partial charge in [0.1, 0.15) is 17.4 Å². The minimum Gasteiger partial charge on any atom is -0.497 e. The van der Waals surface area contributed by atoms with Crippen molar-refractivity contribution in [1.29, 1.82) is 5.26 Å². The molecule has 0 unspecified atom stereocenters. The second kappa shape index (κ2) is 5.82. The third kappa shape index (κ3) is 2.85. The van der Waals surface area contributed by atoms with Crippen LogP contribution in [0.5, 0.6) is 11.5 Å². The highest BCUT2D eigenvalue weighted by Crippen LogP contribution is 2.30. The zero-order valence-corrected chi connectivity index (χ0v) is 9.57. The van der Waals surface area contributed by atoms with Crippen molar-refractivity contribution in [2.24, 2.45) is 0 Å². The molecule has 0 atom stereocenters. The maximum atomic E-state index is 12.3. The Kier molecular flexibility index (Phi) is 4.43. The standard InChI is InChI=1S/C11H9F2NO4/c1-16-7-3-6(5-14)9(18-11(12)13)8(4-7)10(15)17-2/h3-4,11H,1-2H3. The van der Waals surface area contributed by atoms with Gasteiger partial charge in [-0.25, -0.2) is 4.79 Å². The van der Waals surface area contributed by atoms with Crippen molar-refractivity contribution < 1.29 is 27.8 Å². The summed E-state index contributed by atoms with van der Waals surface area (Å²) in [6.45, 7) is -3.16. The van der Waals surface area contributed by atoms with E-state index in [1.165, 1.54) is 13.2 Å². The van der Waals surface area contributed by atoms with Gasteiger partial charge in [-0.05, 0) is 6.07 Å². The van der Waals surface area contributed by atoms with Crippen LogP contribution in [-0.2, 0) is 4.74 Å². The predicted octanol–water partition coefficient (Wildman–Crippen LogP) is 1.95. The molecule has 0 aliphatic rings. The van der Waals surface area contributed by atoms with Crippen LogP contribution < -0.4 is 9.47 Å². The van der Waals surface area contributed by atoms with Crippen LogP contribution in [0.15, 0.2) is 12.1 Å². The van der Waals surface area contributed by atoms with Gasteiger partial charge in [-0.2, -0.15) is 14.0 Å². The fourth-order valence-corrected chi connectivity index (χ4v) is 1.28. The maximum absolute atomic E-state index is 12.3. The molecule has 0 spiro atoms. The van der Waals surface area contributed by atoms with Crippen molar-refractivity contribution in [3.05, 3.63) is 23.3 Å². The number of benzene rings is 1. The number of hydrogen-bond acceptors (Lipinski definition) is 5. The van der Waals surface area contributed by atoms with Gasteiger partial charge in [0.05, 0.1) is 19.8 Å². The number of nitriles is 1. The molecule has 7 heteroatoms. The van der Waals surface area contributed by atoms with E-state index >= 15 is 0 Å². The fourth-order valence-electron chi connectivity index (χ4n) is 1.28. The highest BCUT2D eigenvalue weighted by molar-refractivity contribution is 5.94. The molecule has 0 aromatic heterocycles. The average Bonchev–Trinajstić information content (AvgIpc) is 2.37. The highest BCUT2D eigenvalue weighted by atomic mass is 19.3. The first kappa shape index (κ1) is 13.7. The van der Waals surface area contributed by atoms with Gasteiger partial charge in [-0.15, -0.1) is 0 Å². The van der Waals surface area contributed by atoms with Gasteiger partial charge in [-0.3, -0.25) is 0 Å². The van der Waals surface area contributed by atoms with Crippen LogP contribution in [0.3, 0.4) is 0 Å². The van der Waals surface area contributed by atoms with Gasteiger partial charge < -0.3 is 14.2 Å². The lowest BCUT2D eigenvalue weighted by atomic mass is 10.1. The number of esters is 1. The first-order valence-corrected chi connectivity index (χ1v) is 4.68. The molecule has 0 aliphatic carbocycles. The SMILES string of the molecule is COC(=O)c1cc(OC)cc(C#N)c1OC(F)F. The third-order valence-electron chi connectivity index (χ3n) is 2.03. The lowest BCUT2D eigenvalue weighted by molar-refractivity contribution is -0.0506. The van der Waals surface area contributed by atoms with E-state index in [1.807, 2.05) is 0 Å². The van der Waals surface area contributed by atoms with Crippen molar-refractivity contribution >= 4 is 5.97 Å². The fraction of sp³-hybridized carbons (Fsp3) is 0.273. The van der Waals surface area contributed by atoms with Gasteiger partial charge in [0, 0.05) is 6.07 Å². The number of hydrogen-bond donors (Lipinski definition) is 0. The first-order valence-electron chi connectivity index (χ1n) is 4.68. The van der Waals surface area contributed by atoms with Gasteiger partial charge >= 0.3 is 12.6 Å². The maximum Gasteiger partial charge on any atom is 0.387 e. The van der Waals surface area contributed by atoms with Crippen molar-refractivity contribution in [1.82, 2.24) is 0 Å². The highest BCUT2D eigenvalue weighted by Gasteiger charge is 2.22. The molecule has 96 valence electrons. The number of methoxy groups -OCH3 is 2. The summed E-state index contributed by atoms with van der Waals surface area (Å²) in [5.41, 5.74) is -0.538. The zero-order chi connectivity index (χ0) is 13.7. The second-order valence-corrected chi connectivity index (χ2v) is 3.03. The molecular weight excluding hydrogens is 248 g/mol. The Balaban J connectivity index is 3.43. The summed E-state index contributed by atoms with van der Waals surface area (Å²) in [5, 5.41) is 8.85. The molecule has 0 N–H and O–H groups in total. The summed E-state index contributed by atoms with van der Waals surface area (Å²) in [5.74, 6) is -1.27. The Hall–Kier alpha value is -2.36. The summed E-state index contributed by atoms with van der Waals surface area (Å²) in [4.78, 5) is 11.4. The normalized spacial score (nSPS) is 9.78. The zero-order valence-electron chi connectivity index (χ0n) is 9.57. The average molecular weight is 257 g/mol. The molecule has 0 heterocycles. The number of nitrogens with zero attached hydrogens (tertiary/aromatic N) is 1. The van der Waals surface area contributed by atoms with E-state index in [9.17, 15) is 13.6 Å². The van der Waals surface area contributed by atoms with Crippen LogP contribution in [0.1, 0.15) is 15.9 Å². The Morgan fingerprint density at radius 3 is 2.50 bits per heavy atom. The lowest BCUT2D eigenvalue weighted by Gasteiger charge is -2.12. The number of ether oxygens (including phenoxy) is 3. The third-order valence-corrected chi connectivity index (χ3v) is 2.03. The van der Waals surface area contributed by atoms with Crippen LogP contribution in [0.25, 0.3) is 0 Å². The minimum atomic E-state index is -3.16. The largest absolute Gasteiger partial charge is 0.497 e. The molecule has 0 bridgehead atoms. The van der Waals surface area contributed by atoms with E-state index in [0.717, 1.165) is 13.2 Å². The van der Waals surface area contributed by atoms with Crippen molar-refractivity contribution in [2.75, 3.05) is 14.2 Å². The Morgan fingerprint density at radius 2 is 2.06 bits per heavy atom. The van der Waals surface area contributed by atoms with Crippen molar-refractivity contribution in [3.8, 4) is 17.6 Å². The van der Waals surface area contributed by atoms with E-state index in [-0.39, 0.29) is 16.9 Å². The Labute approximate surface area is 101 Å². The number of carbonyl (C=O) groups excluding carboxylic acids is 1. The van der Waals surface area contributed by atoms with Gasteiger partial charge in [0.25, 0.3) is 0 Å². The van der Waals surface area contributed by atoms with E-state index in [4.69, 9.17) is 10.00 Å². The van der Waals surface area contributed by atoms with E-state index in [2.05, 4.69) is 9.47 Å². The summed E-state index contributed by atoms with van der Waals surface area (Å²) in [6.07, 6.45) is 0. The molecular formula is C11H9F2NO4. The second-order valence-electron chi connectivity index (χ2n) is 3.03. The minimum absolute atomic E-state index is 0.161. The number of alkyl halides is 2. The molecule has 1 aromatic carbocycles. The summed E-state index contributed by atoms with van der Waals surface area (Å²) in [6, 6.07) is 3.99. The molecule has 18 heavy (non-hydrogen) atoms. The summed E-state index contributed by atoms with van der Waals surface area (Å²) >= 11 is 0. The van der Waals surface area contributed by atoms with Crippen LogP contribution >= 0.6 is 0 Å². The monoisotopic (exact) mass is 257 g/mol. The molecule has 0 radical (unpaired) electrons. The van der Waals surface area contributed by atoms with E-state index in [1.54, 1.807) is 6.07 Å². The van der Waals surface area contributed by atoms with Gasteiger partial charge in [0.2, 0.25) is 0 Å². The van der Waals surface area contributed by atoms with Crippen LogP contribution in [0.2, 0.25) is 0 Å².